The highest BCUT2D eigenvalue weighted by atomic mass is 16.5. The normalized spacial score (nSPS) is 60.8. The molecule has 6 aliphatic rings. The quantitative estimate of drug-likeness (QED) is 0.702. The van der Waals surface area contributed by atoms with E-state index in [1.807, 2.05) is 14.2 Å². The largest absolute Gasteiger partial charge is 0.392 e. The van der Waals surface area contributed by atoms with Crippen LogP contribution in [0.4, 0.5) is 0 Å². The highest BCUT2D eigenvalue weighted by Crippen LogP contribution is 2.79. The summed E-state index contributed by atoms with van der Waals surface area (Å²) in [6, 6.07) is 0.329. The number of aliphatic hydroxyl groups is 2. The molecule has 7 bridgehead atoms. The van der Waals surface area contributed by atoms with Gasteiger partial charge >= 0.3 is 0 Å². The Hall–Kier alpha value is -0.240. The molecule has 6 heteroatoms. The van der Waals surface area contributed by atoms with Crippen molar-refractivity contribution < 1.29 is 24.4 Å². The lowest BCUT2D eigenvalue weighted by Crippen LogP contribution is -2.76. The van der Waals surface area contributed by atoms with E-state index in [9.17, 15) is 10.2 Å². The zero-order chi connectivity index (χ0) is 21.1. The van der Waals surface area contributed by atoms with Gasteiger partial charge in [-0.2, -0.15) is 0 Å². The Morgan fingerprint density at radius 2 is 1.90 bits per heavy atom. The molecule has 0 radical (unpaired) electrons. The highest BCUT2D eigenvalue weighted by Gasteiger charge is 2.83. The second-order valence-corrected chi connectivity index (χ2v) is 11.5. The number of aliphatic hydroxyl groups excluding tert-OH is 1. The lowest BCUT2D eigenvalue weighted by Gasteiger charge is -2.69. The number of fused-ring (bicyclic) bond motifs is 2. The molecule has 6 nitrogen and oxygen atoms in total. The Bertz CT molecular complexity index is 720. The van der Waals surface area contributed by atoms with Gasteiger partial charge in [-0.05, 0) is 44.1 Å². The molecule has 5 aliphatic carbocycles. The molecule has 6 fully saturated rings. The predicted molar refractivity (Wildman–Crippen MR) is 111 cm³/mol. The number of nitrogens with zero attached hydrogens (tertiary/aromatic N) is 1. The van der Waals surface area contributed by atoms with Crippen LogP contribution in [0.25, 0.3) is 0 Å². The summed E-state index contributed by atoms with van der Waals surface area (Å²) < 4.78 is 18.0. The van der Waals surface area contributed by atoms with E-state index in [-0.39, 0.29) is 46.7 Å². The summed E-state index contributed by atoms with van der Waals surface area (Å²) in [5.74, 6) is 1.03. The van der Waals surface area contributed by atoms with Gasteiger partial charge in [0.1, 0.15) is 0 Å². The van der Waals surface area contributed by atoms with Crippen LogP contribution in [0.5, 0.6) is 0 Å². The maximum atomic E-state index is 12.4. The van der Waals surface area contributed by atoms with Crippen molar-refractivity contribution in [2.24, 2.45) is 40.4 Å². The SMILES string of the molecule is CCN1C[C@]2(COC)CC[C@H](OC)[C@]34C1[C@@H](C[C@H]23)[C@@]1(O)C[C@H](OC)[C@H]2C[C@@H]4[C@@H]1[C@H]2O. The second kappa shape index (κ2) is 6.42. The van der Waals surface area contributed by atoms with Gasteiger partial charge in [0.15, 0.2) is 0 Å². The molecule has 1 spiro atoms. The van der Waals surface area contributed by atoms with Crippen LogP contribution in [-0.2, 0) is 14.2 Å². The average molecular weight is 422 g/mol. The minimum atomic E-state index is -0.847. The Morgan fingerprint density at radius 1 is 1.10 bits per heavy atom. The molecule has 6 rings (SSSR count). The van der Waals surface area contributed by atoms with E-state index in [0.717, 1.165) is 45.4 Å². The van der Waals surface area contributed by atoms with Crippen molar-refractivity contribution in [1.82, 2.24) is 4.90 Å². The topological polar surface area (TPSA) is 71.4 Å². The van der Waals surface area contributed by atoms with Crippen LogP contribution >= 0.6 is 0 Å². The standard InChI is InChI=1S/C24H39NO5/c1-5-25-11-22(12-28-2)7-6-18(30-4)24-14-8-13-16(29-3)10-23(27,19(14)20(13)26)15(21(24)25)9-17(22)24/h13-21,26-27H,5-12H2,1-4H3/t13-,14-,15-,16+,17-,18+,19-,20+,21?,22+,23+,24-/m1/s1. The first-order valence-electron chi connectivity index (χ1n) is 12.1. The van der Waals surface area contributed by atoms with Crippen LogP contribution in [0.1, 0.15) is 39.0 Å². The van der Waals surface area contributed by atoms with E-state index in [1.54, 1.807) is 7.11 Å². The van der Waals surface area contributed by atoms with Crippen molar-refractivity contribution in [2.75, 3.05) is 41.0 Å². The molecule has 2 N–H and O–H groups in total. The summed E-state index contributed by atoms with van der Waals surface area (Å²) in [5, 5.41) is 23.8. The number of rotatable bonds is 5. The Kier molecular flexibility index (Phi) is 4.36. The minimum absolute atomic E-state index is 0.000283. The van der Waals surface area contributed by atoms with Crippen LogP contribution in [-0.4, -0.2) is 86.1 Å². The van der Waals surface area contributed by atoms with Gasteiger partial charge in [-0.25, -0.2) is 0 Å². The summed E-state index contributed by atoms with van der Waals surface area (Å²) in [5.41, 5.74) is -0.719. The molecule has 0 aromatic rings. The molecule has 12 atom stereocenters. The highest BCUT2D eigenvalue weighted by molar-refractivity contribution is 5.33. The maximum Gasteiger partial charge on any atom is 0.0771 e. The summed E-state index contributed by atoms with van der Waals surface area (Å²) in [7, 11) is 5.48. The Balaban J connectivity index is 1.58. The van der Waals surface area contributed by atoms with Gasteiger partial charge in [0.25, 0.3) is 0 Å². The molecule has 1 unspecified atom stereocenters. The first-order valence-corrected chi connectivity index (χ1v) is 12.1. The smallest absolute Gasteiger partial charge is 0.0771 e. The summed E-state index contributed by atoms with van der Waals surface area (Å²) >= 11 is 0. The second-order valence-electron chi connectivity index (χ2n) is 11.5. The average Bonchev–Trinajstić information content (AvgIpc) is 3.15. The van der Waals surface area contributed by atoms with E-state index < -0.39 is 11.7 Å². The van der Waals surface area contributed by atoms with E-state index >= 15 is 0 Å². The zero-order valence-electron chi connectivity index (χ0n) is 18.9. The lowest BCUT2D eigenvalue weighted by molar-refractivity contribution is -0.276. The van der Waals surface area contributed by atoms with Gasteiger partial charge in [-0.15, -0.1) is 0 Å². The van der Waals surface area contributed by atoms with Crippen LogP contribution in [0.15, 0.2) is 0 Å². The number of likely N-dealkylation sites (tertiary alicyclic amines) is 1. The van der Waals surface area contributed by atoms with Gasteiger partial charge < -0.3 is 24.4 Å². The van der Waals surface area contributed by atoms with Gasteiger partial charge in [0.2, 0.25) is 0 Å². The lowest BCUT2D eigenvalue weighted by atomic mass is 9.43. The van der Waals surface area contributed by atoms with Gasteiger partial charge in [-0.1, -0.05) is 6.92 Å². The molecule has 30 heavy (non-hydrogen) atoms. The monoisotopic (exact) mass is 421 g/mol. The van der Waals surface area contributed by atoms with E-state index in [2.05, 4.69) is 11.8 Å². The fraction of sp³-hybridized carbons (Fsp3) is 1.00. The van der Waals surface area contributed by atoms with Crippen molar-refractivity contribution in [1.29, 1.82) is 0 Å². The van der Waals surface area contributed by atoms with Gasteiger partial charge in [0, 0.05) is 68.9 Å². The number of piperidine rings is 1. The van der Waals surface area contributed by atoms with Gasteiger partial charge in [0.05, 0.1) is 30.5 Å². The Morgan fingerprint density at radius 3 is 2.57 bits per heavy atom. The van der Waals surface area contributed by atoms with Crippen LogP contribution in [0, 0.1) is 40.4 Å². The molecular weight excluding hydrogens is 382 g/mol. The predicted octanol–water partition coefficient (Wildman–Crippen LogP) is 1.53. The fourth-order valence-corrected chi connectivity index (χ4v) is 10.7. The summed E-state index contributed by atoms with van der Waals surface area (Å²) in [4.78, 5) is 2.67. The third-order valence-corrected chi connectivity index (χ3v) is 11.2. The van der Waals surface area contributed by atoms with E-state index in [0.29, 0.717) is 18.4 Å². The molecule has 170 valence electrons. The van der Waals surface area contributed by atoms with Crippen LogP contribution in [0.2, 0.25) is 0 Å². The molecule has 5 saturated carbocycles. The summed E-state index contributed by atoms with van der Waals surface area (Å²) in [6.45, 7) is 5.11. The van der Waals surface area contributed by atoms with E-state index in [4.69, 9.17) is 14.2 Å². The number of ether oxygens (including phenoxy) is 3. The molecular formula is C24H39NO5. The maximum absolute atomic E-state index is 12.4. The Labute approximate surface area is 180 Å². The molecule has 1 aliphatic heterocycles. The number of hydrogen-bond donors (Lipinski definition) is 2. The van der Waals surface area contributed by atoms with Crippen molar-refractivity contribution in [3.05, 3.63) is 0 Å². The van der Waals surface area contributed by atoms with Crippen molar-refractivity contribution in [2.45, 2.75) is 69.0 Å². The molecule has 0 aromatic heterocycles. The fourth-order valence-electron chi connectivity index (χ4n) is 10.7. The minimum Gasteiger partial charge on any atom is -0.392 e. The van der Waals surface area contributed by atoms with Gasteiger partial charge in [-0.3, -0.25) is 4.90 Å². The van der Waals surface area contributed by atoms with Crippen molar-refractivity contribution in [3.63, 3.8) is 0 Å². The molecule has 0 amide bonds. The number of methoxy groups -OCH3 is 3. The zero-order valence-corrected chi connectivity index (χ0v) is 18.9. The first-order chi connectivity index (χ1) is 14.4. The molecule has 0 aromatic carbocycles. The number of hydrogen-bond acceptors (Lipinski definition) is 6. The van der Waals surface area contributed by atoms with Crippen LogP contribution in [0.3, 0.4) is 0 Å². The third-order valence-electron chi connectivity index (χ3n) is 11.2. The first kappa shape index (κ1) is 20.4. The molecule has 1 saturated heterocycles. The van der Waals surface area contributed by atoms with E-state index in [1.165, 1.54) is 0 Å². The third kappa shape index (κ3) is 2.00. The summed E-state index contributed by atoms with van der Waals surface area (Å²) in [6.07, 6.45) is 4.52. The molecule has 1 heterocycles. The van der Waals surface area contributed by atoms with Crippen molar-refractivity contribution in [3.8, 4) is 0 Å². The van der Waals surface area contributed by atoms with Crippen molar-refractivity contribution >= 4 is 0 Å². The van der Waals surface area contributed by atoms with Crippen LogP contribution < -0.4 is 0 Å².